The molecule has 1 atom stereocenters. The minimum Gasteiger partial charge on any atom is -0.492 e. The van der Waals surface area contributed by atoms with Crippen LogP contribution in [0.15, 0.2) is 18.5 Å². The topological polar surface area (TPSA) is 31.4 Å². The Labute approximate surface area is 125 Å². The summed E-state index contributed by atoms with van der Waals surface area (Å²) < 4.78 is 11.3. The first-order chi connectivity index (χ1) is 9.88. The zero-order chi connectivity index (χ0) is 14.0. The van der Waals surface area contributed by atoms with Crippen LogP contribution in [0.1, 0.15) is 37.7 Å². The number of rotatable bonds is 6. The summed E-state index contributed by atoms with van der Waals surface area (Å²) in [6.07, 6.45) is 9.04. The summed E-state index contributed by atoms with van der Waals surface area (Å²) in [5.74, 6) is 7.34. The van der Waals surface area contributed by atoms with E-state index in [-0.39, 0.29) is 0 Å². The lowest BCUT2D eigenvalue weighted by Crippen LogP contribution is -2.07. The molecule has 3 nitrogen and oxygen atoms in total. The van der Waals surface area contributed by atoms with E-state index >= 15 is 0 Å². The van der Waals surface area contributed by atoms with E-state index < -0.39 is 0 Å². The predicted octanol–water partition coefficient (Wildman–Crippen LogP) is 3.40. The maximum Gasteiger partial charge on any atom is 0.138 e. The third-order valence-corrected chi connectivity index (χ3v) is 3.32. The molecule has 1 aromatic rings. The third-order valence-electron chi connectivity index (χ3n) is 3.13. The maximum absolute atomic E-state index is 5.70. The van der Waals surface area contributed by atoms with Crippen molar-refractivity contribution in [3.05, 3.63) is 24.0 Å². The zero-order valence-corrected chi connectivity index (χ0v) is 12.4. The molecule has 1 unspecified atom stereocenters. The van der Waals surface area contributed by atoms with Gasteiger partial charge in [0.15, 0.2) is 0 Å². The van der Waals surface area contributed by atoms with Gasteiger partial charge in [0.1, 0.15) is 5.75 Å². The summed E-state index contributed by atoms with van der Waals surface area (Å²) in [5.41, 5.74) is 0.867. The number of hydrogen-bond donors (Lipinski definition) is 0. The van der Waals surface area contributed by atoms with E-state index in [0.29, 0.717) is 25.0 Å². The second-order valence-electron chi connectivity index (χ2n) is 4.78. The Kier molecular flexibility index (Phi) is 6.70. The maximum atomic E-state index is 5.70. The Morgan fingerprint density at radius 2 is 2.40 bits per heavy atom. The summed E-state index contributed by atoms with van der Waals surface area (Å²) in [4.78, 5) is 4.13. The fourth-order valence-corrected chi connectivity index (χ4v) is 2.25. The lowest BCUT2D eigenvalue weighted by atomic mass is 10.1. The van der Waals surface area contributed by atoms with Gasteiger partial charge in [-0.2, -0.15) is 0 Å². The van der Waals surface area contributed by atoms with Crippen molar-refractivity contribution in [1.82, 2.24) is 4.98 Å². The van der Waals surface area contributed by atoms with Crippen molar-refractivity contribution >= 4 is 11.6 Å². The van der Waals surface area contributed by atoms with Gasteiger partial charge in [-0.25, -0.2) is 0 Å². The van der Waals surface area contributed by atoms with Gasteiger partial charge in [0, 0.05) is 30.7 Å². The highest BCUT2D eigenvalue weighted by molar-refractivity contribution is 6.18. The lowest BCUT2D eigenvalue weighted by molar-refractivity contribution is 0.0981. The van der Waals surface area contributed by atoms with Gasteiger partial charge >= 0.3 is 0 Å². The van der Waals surface area contributed by atoms with Crippen molar-refractivity contribution in [2.24, 2.45) is 0 Å². The van der Waals surface area contributed by atoms with Gasteiger partial charge in [0.25, 0.3) is 0 Å². The molecule has 1 aromatic heterocycles. The van der Waals surface area contributed by atoms with Crippen molar-refractivity contribution in [2.75, 3.05) is 19.1 Å². The molecule has 0 aliphatic carbocycles. The fourth-order valence-electron chi connectivity index (χ4n) is 2.15. The zero-order valence-electron chi connectivity index (χ0n) is 11.6. The van der Waals surface area contributed by atoms with E-state index in [1.54, 1.807) is 12.4 Å². The highest BCUT2D eigenvalue weighted by atomic mass is 35.5. The first-order valence-electron chi connectivity index (χ1n) is 7.13. The van der Waals surface area contributed by atoms with E-state index in [9.17, 15) is 0 Å². The second-order valence-corrected chi connectivity index (χ2v) is 5.15. The number of halogens is 1. The standard InChI is InChI=1S/C16H20ClNO2/c17-8-2-1-5-14-11-16(13-18-12-14)20-10-4-7-15-6-3-9-19-15/h11-13,15H,2-4,6-10H2. The molecule has 0 saturated carbocycles. The van der Waals surface area contributed by atoms with Crippen LogP contribution >= 0.6 is 11.6 Å². The molecule has 1 aliphatic heterocycles. The molecule has 0 spiro atoms. The first kappa shape index (κ1) is 15.2. The molecule has 0 radical (unpaired) electrons. The van der Waals surface area contributed by atoms with E-state index in [1.165, 1.54) is 12.8 Å². The van der Waals surface area contributed by atoms with Gasteiger partial charge in [0.2, 0.25) is 0 Å². The highest BCUT2D eigenvalue weighted by Crippen LogP contribution is 2.17. The number of pyridine rings is 1. The van der Waals surface area contributed by atoms with Crippen molar-refractivity contribution in [3.63, 3.8) is 0 Å². The monoisotopic (exact) mass is 293 g/mol. The van der Waals surface area contributed by atoms with Crippen molar-refractivity contribution in [3.8, 4) is 17.6 Å². The lowest BCUT2D eigenvalue weighted by Gasteiger charge is -2.09. The molecule has 108 valence electrons. The molecule has 1 saturated heterocycles. The second kappa shape index (κ2) is 8.84. The summed E-state index contributed by atoms with van der Waals surface area (Å²) in [6, 6.07) is 1.92. The Balaban J connectivity index is 1.72. The van der Waals surface area contributed by atoms with Crippen LogP contribution in [0.2, 0.25) is 0 Å². The summed E-state index contributed by atoms with van der Waals surface area (Å²) in [6.45, 7) is 1.61. The highest BCUT2D eigenvalue weighted by Gasteiger charge is 2.14. The Morgan fingerprint density at radius 3 is 3.20 bits per heavy atom. The minimum absolute atomic E-state index is 0.435. The SMILES string of the molecule is ClCCC#Cc1cncc(OCCCC2CCCO2)c1. The average Bonchev–Trinajstić information content (AvgIpc) is 2.98. The van der Waals surface area contributed by atoms with E-state index in [4.69, 9.17) is 21.1 Å². The van der Waals surface area contributed by atoms with Gasteiger partial charge in [-0.05, 0) is 31.7 Å². The van der Waals surface area contributed by atoms with Crippen LogP contribution in [0.4, 0.5) is 0 Å². The van der Waals surface area contributed by atoms with E-state index in [2.05, 4.69) is 16.8 Å². The van der Waals surface area contributed by atoms with Crippen molar-refractivity contribution in [2.45, 2.75) is 38.2 Å². The number of ether oxygens (including phenoxy) is 2. The summed E-state index contributed by atoms with van der Waals surface area (Å²) in [7, 11) is 0. The smallest absolute Gasteiger partial charge is 0.138 e. The summed E-state index contributed by atoms with van der Waals surface area (Å²) >= 11 is 5.58. The van der Waals surface area contributed by atoms with E-state index in [0.717, 1.165) is 30.8 Å². The Bertz CT molecular complexity index is 461. The van der Waals surface area contributed by atoms with Crippen LogP contribution in [0, 0.1) is 11.8 Å². The van der Waals surface area contributed by atoms with Crippen molar-refractivity contribution < 1.29 is 9.47 Å². The van der Waals surface area contributed by atoms with Crippen LogP contribution < -0.4 is 4.74 Å². The molecule has 20 heavy (non-hydrogen) atoms. The molecule has 2 heterocycles. The van der Waals surface area contributed by atoms with Gasteiger partial charge in [-0.1, -0.05) is 11.8 Å². The molecule has 1 fully saturated rings. The minimum atomic E-state index is 0.435. The van der Waals surface area contributed by atoms with E-state index in [1.807, 2.05) is 6.07 Å². The number of hydrogen-bond acceptors (Lipinski definition) is 3. The van der Waals surface area contributed by atoms with Gasteiger partial charge in [0.05, 0.1) is 18.9 Å². The van der Waals surface area contributed by atoms with Gasteiger partial charge in [-0.3, -0.25) is 4.98 Å². The quantitative estimate of drug-likeness (QED) is 0.458. The Morgan fingerprint density at radius 1 is 1.45 bits per heavy atom. The molecule has 0 N–H and O–H groups in total. The molecule has 0 aromatic carbocycles. The molecule has 2 rings (SSSR count). The van der Waals surface area contributed by atoms with Gasteiger partial charge in [-0.15, -0.1) is 11.6 Å². The molecule has 0 bridgehead atoms. The third kappa shape index (κ3) is 5.40. The average molecular weight is 294 g/mol. The number of nitrogens with zero attached hydrogens (tertiary/aromatic N) is 1. The molecular formula is C16H20ClNO2. The van der Waals surface area contributed by atoms with Gasteiger partial charge < -0.3 is 9.47 Å². The predicted molar refractivity (Wildman–Crippen MR) is 80.2 cm³/mol. The normalized spacial score (nSPS) is 17.6. The molecule has 0 amide bonds. The van der Waals surface area contributed by atoms with Crippen LogP contribution in [0.5, 0.6) is 5.75 Å². The number of alkyl halides is 1. The van der Waals surface area contributed by atoms with Crippen LogP contribution in [0.3, 0.4) is 0 Å². The first-order valence-corrected chi connectivity index (χ1v) is 7.66. The largest absolute Gasteiger partial charge is 0.492 e. The van der Waals surface area contributed by atoms with Crippen LogP contribution in [-0.4, -0.2) is 30.2 Å². The summed E-state index contributed by atoms with van der Waals surface area (Å²) in [5, 5.41) is 0. The van der Waals surface area contributed by atoms with Crippen molar-refractivity contribution in [1.29, 1.82) is 0 Å². The molecule has 4 heteroatoms. The van der Waals surface area contributed by atoms with Crippen LogP contribution in [-0.2, 0) is 4.74 Å². The van der Waals surface area contributed by atoms with Crippen LogP contribution in [0.25, 0.3) is 0 Å². The number of aromatic nitrogens is 1. The molecular weight excluding hydrogens is 274 g/mol. The molecule has 1 aliphatic rings. The Hall–Kier alpha value is -1.24. The fraction of sp³-hybridized carbons (Fsp3) is 0.562.